The van der Waals surface area contributed by atoms with E-state index in [1.54, 1.807) is 4.52 Å². The molecule has 2 heterocycles. The maximum atomic E-state index is 4.64. The Balaban J connectivity index is 2.25. The van der Waals surface area contributed by atoms with Gasteiger partial charge in [-0.1, -0.05) is 6.07 Å². The maximum absolute atomic E-state index is 4.64. The summed E-state index contributed by atoms with van der Waals surface area (Å²) in [5.74, 6) is 0.697. The second-order valence-corrected chi connectivity index (χ2v) is 4.69. The molecule has 3 rings (SSSR count). The lowest BCUT2D eigenvalue weighted by molar-refractivity contribution is 0.864. The number of aromatic amines is 1. The second-order valence-electron chi connectivity index (χ2n) is 4.69. The first-order valence-corrected chi connectivity index (χ1v) is 6.15. The molecule has 0 atom stereocenters. The van der Waals surface area contributed by atoms with E-state index >= 15 is 0 Å². The summed E-state index contributed by atoms with van der Waals surface area (Å²) in [4.78, 5) is 11.9. The van der Waals surface area contributed by atoms with Crippen molar-refractivity contribution in [3.8, 4) is 0 Å². The molecule has 5 heteroatoms. The molecule has 0 aliphatic heterocycles. The smallest absolute Gasteiger partial charge is 0.231 e. The lowest BCUT2D eigenvalue weighted by Gasteiger charge is -2.01. The molecular weight excluding hydrogens is 238 g/mol. The van der Waals surface area contributed by atoms with Crippen LogP contribution in [0.15, 0.2) is 35.6 Å². The Morgan fingerprint density at radius 1 is 1.11 bits per heavy atom. The van der Waals surface area contributed by atoms with Gasteiger partial charge in [-0.25, -0.2) is 4.99 Å². The molecule has 1 aromatic carbocycles. The molecule has 0 fully saturated rings. The molecule has 0 bridgehead atoms. The summed E-state index contributed by atoms with van der Waals surface area (Å²) in [5.41, 5.74) is 5.19. The van der Waals surface area contributed by atoms with Crippen LogP contribution in [0.2, 0.25) is 0 Å². The summed E-state index contributed by atoms with van der Waals surface area (Å²) in [6.45, 7) is 6.16. The average Bonchev–Trinajstić information content (AvgIpc) is 2.82. The molecule has 0 aliphatic carbocycles. The van der Waals surface area contributed by atoms with E-state index in [0.717, 1.165) is 16.9 Å². The van der Waals surface area contributed by atoms with Gasteiger partial charge in [-0.3, -0.25) is 0 Å². The van der Waals surface area contributed by atoms with Crippen molar-refractivity contribution in [2.24, 2.45) is 4.99 Å². The highest BCUT2D eigenvalue weighted by molar-refractivity contribution is 5.43. The topological polar surface area (TPSA) is 58.3 Å². The van der Waals surface area contributed by atoms with Gasteiger partial charge in [0.25, 0.3) is 0 Å². The van der Waals surface area contributed by atoms with E-state index in [1.807, 2.05) is 19.1 Å². The summed E-state index contributed by atoms with van der Waals surface area (Å²) in [7, 11) is 0. The van der Waals surface area contributed by atoms with Gasteiger partial charge in [0.05, 0.1) is 5.69 Å². The average molecular weight is 253 g/mol. The number of nitrogens with zero attached hydrogens (tertiary/aromatic N) is 4. The van der Waals surface area contributed by atoms with Crippen LogP contribution in [-0.2, 0) is 0 Å². The van der Waals surface area contributed by atoms with E-state index in [4.69, 9.17) is 0 Å². The van der Waals surface area contributed by atoms with Crippen molar-refractivity contribution in [3.63, 3.8) is 0 Å². The van der Waals surface area contributed by atoms with Gasteiger partial charge >= 0.3 is 0 Å². The van der Waals surface area contributed by atoms with Crippen molar-refractivity contribution in [1.82, 2.24) is 19.6 Å². The molecular formula is C14H15N5. The number of hydrogen-bond donors (Lipinski definition) is 1. The van der Waals surface area contributed by atoms with Gasteiger partial charge in [0.1, 0.15) is 6.33 Å². The van der Waals surface area contributed by atoms with Gasteiger partial charge in [-0.15, -0.1) is 0 Å². The minimum absolute atomic E-state index is 0.697. The number of aryl methyl sites for hydroxylation is 3. The van der Waals surface area contributed by atoms with E-state index in [1.165, 1.54) is 17.5 Å². The fraction of sp³-hybridized carbons (Fsp3) is 0.214. The molecule has 1 N–H and O–H groups in total. The normalized spacial score (nSPS) is 12.3. The molecule has 0 radical (unpaired) electrons. The third-order valence-electron chi connectivity index (χ3n) is 3.15. The summed E-state index contributed by atoms with van der Waals surface area (Å²) < 4.78 is 1.70. The quantitative estimate of drug-likeness (QED) is 0.723. The van der Waals surface area contributed by atoms with Gasteiger partial charge in [-0.2, -0.15) is 14.6 Å². The van der Waals surface area contributed by atoms with Crippen molar-refractivity contribution in [1.29, 1.82) is 0 Å². The molecule has 0 amide bonds. The Morgan fingerprint density at radius 3 is 2.74 bits per heavy atom. The fourth-order valence-corrected chi connectivity index (χ4v) is 1.97. The summed E-state index contributed by atoms with van der Waals surface area (Å²) in [6.07, 6.45) is 1.52. The number of benzene rings is 1. The highest BCUT2D eigenvalue weighted by Crippen LogP contribution is 2.16. The largest absolute Gasteiger partial charge is 0.328 e. The highest BCUT2D eigenvalue weighted by atomic mass is 15.3. The van der Waals surface area contributed by atoms with Crippen LogP contribution in [0, 0.1) is 20.8 Å². The summed E-state index contributed by atoms with van der Waals surface area (Å²) >= 11 is 0. The van der Waals surface area contributed by atoms with Gasteiger partial charge < -0.3 is 4.98 Å². The molecule has 96 valence electrons. The highest BCUT2D eigenvalue weighted by Gasteiger charge is 2.00. The first kappa shape index (κ1) is 11.6. The Morgan fingerprint density at radius 2 is 1.95 bits per heavy atom. The van der Waals surface area contributed by atoms with E-state index < -0.39 is 0 Å². The minimum atomic E-state index is 0.697. The van der Waals surface area contributed by atoms with E-state index in [2.05, 4.69) is 46.0 Å². The Bertz CT molecular complexity index is 810. The molecule has 0 unspecified atom stereocenters. The zero-order valence-electron chi connectivity index (χ0n) is 11.2. The Kier molecular flexibility index (Phi) is 2.67. The minimum Gasteiger partial charge on any atom is -0.328 e. The number of fused-ring (bicyclic) bond motifs is 1. The van der Waals surface area contributed by atoms with Gasteiger partial charge in [0.15, 0.2) is 5.49 Å². The zero-order chi connectivity index (χ0) is 13.4. The number of aromatic nitrogens is 4. The monoisotopic (exact) mass is 253 g/mol. The summed E-state index contributed by atoms with van der Waals surface area (Å²) in [5, 5.41) is 4.18. The Labute approximate surface area is 110 Å². The molecule has 3 aromatic rings. The molecule has 0 saturated carbocycles. The summed E-state index contributed by atoms with van der Waals surface area (Å²) in [6, 6.07) is 8.12. The van der Waals surface area contributed by atoms with Crippen LogP contribution >= 0.6 is 0 Å². The third kappa shape index (κ3) is 2.14. The molecule has 19 heavy (non-hydrogen) atoms. The maximum Gasteiger partial charge on any atom is 0.231 e. The molecule has 5 nitrogen and oxygen atoms in total. The molecule has 2 aromatic heterocycles. The number of H-pyrrole nitrogens is 1. The van der Waals surface area contributed by atoms with Crippen LogP contribution in [0.5, 0.6) is 0 Å². The lowest BCUT2D eigenvalue weighted by Crippen LogP contribution is -2.16. The first-order chi connectivity index (χ1) is 9.13. The zero-order valence-corrected chi connectivity index (χ0v) is 11.2. The second kappa shape index (κ2) is 4.35. The Hall–Kier alpha value is -2.43. The SMILES string of the molecule is Cc1c/c(=N/c2ccc(C)c(C)c2)n2ncnc2[nH]1. The van der Waals surface area contributed by atoms with E-state index in [9.17, 15) is 0 Å². The first-order valence-electron chi connectivity index (χ1n) is 6.15. The van der Waals surface area contributed by atoms with Crippen molar-refractivity contribution in [2.75, 3.05) is 0 Å². The van der Waals surface area contributed by atoms with Crippen LogP contribution in [-0.4, -0.2) is 19.6 Å². The predicted molar refractivity (Wildman–Crippen MR) is 73.2 cm³/mol. The van der Waals surface area contributed by atoms with Crippen LogP contribution in [0.25, 0.3) is 5.78 Å². The molecule has 0 spiro atoms. The third-order valence-corrected chi connectivity index (χ3v) is 3.15. The van der Waals surface area contributed by atoms with Crippen molar-refractivity contribution < 1.29 is 0 Å². The predicted octanol–water partition coefficient (Wildman–Crippen LogP) is 2.22. The molecule has 0 saturated heterocycles. The lowest BCUT2D eigenvalue weighted by atomic mass is 10.1. The van der Waals surface area contributed by atoms with Crippen molar-refractivity contribution in [2.45, 2.75) is 20.8 Å². The number of rotatable bonds is 1. The van der Waals surface area contributed by atoms with E-state index in [-0.39, 0.29) is 0 Å². The molecule has 0 aliphatic rings. The van der Waals surface area contributed by atoms with Crippen LogP contribution in [0.3, 0.4) is 0 Å². The van der Waals surface area contributed by atoms with Crippen LogP contribution < -0.4 is 5.49 Å². The van der Waals surface area contributed by atoms with Crippen LogP contribution in [0.1, 0.15) is 16.8 Å². The van der Waals surface area contributed by atoms with Gasteiger partial charge in [0.2, 0.25) is 5.78 Å². The fourth-order valence-electron chi connectivity index (χ4n) is 1.97. The van der Waals surface area contributed by atoms with Crippen molar-refractivity contribution in [3.05, 3.63) is 52.9 Å². The standard InChI is InChI=1S/C14H15N5/c1-9-4-5-12(6-10(9)2)18-13-7-11(3)17-14-15-8-16-19(13)14/h4-8H,1-3H3,(H,15,16,17)/b18-13-. The van der Waals surface area contributed by atoms with Gasteiger partial charge in [0, 0.05) is 11.8 Å². The van der Waals surface area contributed by atoms with Crippen molar-refractivity contribution >= 4 is 11.5 Å². The van der Waals surface area contributed by atoms with E-state index in [0.29, 0.717) is 5.78 Å². The number of hydrogen-bond acceptors (Lipinski definition) is 3. The van der Waals surface area contributed by atoms with Gasteiger partial charge in [-0.05, 0) is 44.0 Å². The van der Waals surface area contributed by atoms with Crippen LogP contribution in [0.4, 0.5) is 5.69 Å². The number of nitrogens with one attached hydrogen (secondary N) is 1.